The van der Waals surface area contributed by atoms with E-state index in [1.807, 2.05) is 0 Å². The third-order valence-corrected chi connectivity index (χ3v) is 2.71. The highest BCUT2D eigenvalue weighted by molar-refractivity contribution is 6.30. The molecule has 2 N–H and O–H groups in total. The van der Waals surface area contributed by atoms with Crippen molar-refractivity contribution in [2.45, 2.75) is 0 Å². The summed E-state index contributed by atoms with van der Waals surface area (Å²) in [5, 5.41) is 13.5. The summed E-state index contributed by atoms with van der Waals surface area (Å²) >= 11 is 5.66. The number of hydrogen-bond donors (Lipinski definition) is 2. The molecule has 0 radical (unpaired) electrons. The summed E-state index contributed by atoms with van der Waals surface area (Å²) in [6.45, 7) is 0. The van der Waals surface area contributed by atoms with Crippen LogP contribution in [0.15, 0.2) is 47.6 Å². The number of rotatable bonds is 3. The van der Waals surface area contributed by atoms with Gasteiger partial charge in [-0.2, -0.15) is 5.10 Å². The molecule has 0 spiro atoms. The fraction of sp³-hybridized carbons (Fsp3) is 0. The molecule has 0 aliphatic rings. The van der Waals surface area contributed by atoms with E-state index in [-0.39, 0.29) is 16.9 Å². The second-order valence-electron chi connectivity index (χ2n) is 3.88. The molecule has 2 aromatic rings. The number of phenols is 1. The van der Waals surface area contributed by atoms with Gasteiger partial charge < -0.3 is 5.11 Å². The number of phenolic OH excluding ortho intramolecular Hbond substituents is 1. The van der Waals surface area contributed by atoms with Crippen molar-refractivity contribution in [1.29, 1.82) is 0 Å². The molecule has 2 aromatic carbocycles. The Labute approximate surface area is 119 Å². The number of benzene rings is 2. The summed E-state index contributed by atoms with van der Waals surface area (Å²) in [6, 6.07) is 10.1. The van der Waals surface area contributed by atoms with Crippen molar-refractivity contribution in [2.75, 3.05) is 0 Å². The summed E-state index contributed by atoms with van der Waals surface area (Å²) in [4.78, 5) is 11.7. The highest BCUT2D eigenvalue weighted by atomic mass is 35.5. The zero-order valence-corrected chi connectivity index (χ0v) is 10.9. The number of aromatic hydroxyl groups is 1. The van der Waals surface area contributed by atoms with E-state index in [0.29, 0.717) is 5.02 Å². The minimum atomic E-state index is -0.619. The first-order valence-electron chi connectivity index (χ1n) is 5.64. The van der Waals surface area contributed by atoms with Gasteiger partial charge >= 0.3 is 0 Å². The van der Waals surface area contributed by atoms with E-state index in [1.54, 1.807) is 12.1 Å². The molecule has 0 fully saturated rings. The van der Waals surface area contributed by atoms with Gasteiger partial charge in [-0.05, 0) is 24.3 Å². The molecule has 102 valence electrons. The summed E-state index contributed by atoms with van der Waals surface area (Å²) in [5.41, 5.74) is 2.47. The van der Waals surface area contributed by atoms with Crippen LogP contribution >= 0.6 is 11.6 Å². The maximum Gasteiger partial charge on any atom is 0.275 e. The van der Waals surface area contributed by atoms with Crippen molar-refractivity contribution in [3.8, 4) is 5.75 Å². The van der Waals surface area contributed by atoms with Crippen LogP contribution in [-0.4, -0.2) is 17.2 Å². The maximum absolute atomic E-state index is 13.3. The fourth-order valence-corrected chi connectivity index (χ4v) is 1.66. The van der Waals surface area contributed by atoms with Crippen LogP contribution in [-0.2, 0) is 0 Å². The molecular weight excluding hydrogens is 283 g/mol. The number of hydrazone groups is 1. The van der Waals surface area contributed by atoms with Crippen molar-refractivity contribution in [3.05, 3.63) is 64.4 Å². The van der Waals surface area contributed by atoms with Crippen molar-refractivity contribution < 1.29 is 14.3 Å². The van der Waals surface area contributed by atoms with Gasteiger partial charge in [-0.1, -0.05) is 29.8 Å². The van der Waals surface area contributed by atoms with Gasteiger partial charge in [-0.3, -0.25) is 4.79 Å². The summed E-state index contributed by atoms with van der Waals surface area (Å²) < 4.78 is 13.3. The van der Waals surface area contributed by atoms with Crippen LogP contribution in [0.3, 0.4) is 0 Å². The number of halogens is 2. The Balaban J connectivity index is 2.07. The normalized spacial score (nSPS) is 10.7. The van der Waals surface area contributed by atoms with Crippen LogP contribution in [0.4, 0.5) is 4.39 Å². The Morgan fingerprint density at radius 3 is 2.75 bits per heavy atom. The molecule has 1 amide bonds. The lowest BCUT2D eigenvalue weighted by molar-refractivity contribution is 0.0952. The van der Waals surface area contributed by atoms with Crippen molar-refractivity contribution in [1.82, 2.24) is 5.43 Å². The Morgan fingerprint density at radius 1 is 1.30 bits per heavy atom. The Bertz CT molecular complexity index is 674. The van der Waals surface area contributed by atoms with Gasteiger partial charge in [0.25, 0.3) is 5.91 Å². The lowest BCUT2D eigenvalue weighted by atomic mass is 10.2. The SMILES string of the molecule is O=C(N/N=C\c1ccccc1F)c1ccc(Cl)cc1O. The number of amides is 1. The molecule has 20 heavy (non-hydrogen) atoms. The van der Waals surface area contributed by atoms with E-state index in [1.165, 1.54) is 36.5 Å². The third kappa shape index (κ3) is 3.33. The molecule has 0 heterocycles. The van der Waals surface area contributed by atoms with E-state index in [2.05, 4.69) is 10.5 Å². The average Bonchev–Trinajstić information content (AvgIpc) is 2.40. The molecule has 0 unspecified atom stereocenters. The van der Waals surface area contributed by atoms with Gasteiger partial charge in [0.1, 0.15) is 11.6 Å². The predicted octanol–water partition coefficient (Wildman–Crippen LogP) is 2.95. The topological polar surface area (TPSA) is 61.7 Å². The van der Waals surface area contributed by atoms with Crippen molar-refractivity contribution in [2.24, 2.45) is 5.10 Å². The Morgan fingerprint density at radius 2 is 2.05 bits per heavy atom. The van der Waals surface area contributed by atoms with Crippen LogP contribution in [0.1, 0.15) is 15.9 Å². The molecule has 0 aromatic heterocycles. The van der Waals surface area contributed by atoms with E-state index in [9.17, 15) is 14.3 Å². The minimum absolute atomic E-state index is 0.0279. The van der Waals surface area contributed by atoms with E-state index in [4.69, 9.17) is 11.6 Å². The zero-order chi connectivity index (χ0) is 14.5. The average molecular weight is 293 g/mol. The van der Waals surface area contributed by atoms with Gasteiger partial charge in [0, 0.05) is 10.6 Å². The smallest absolute Gasteiger partial charge is 0.275 e. The molecular formula is C14H10ClFN2O2. The molecule has 2 rings (SSSR count). The van der Waals surface area contributed by atoms with Crippen LogP contribution in [0.5, 0.6) is 5.75 Å². The summed E-state index contributed by atoms with van der Waals surface area (Å²) in [7, 11) is 0. The lowest BCUT2D eigenvalue weighted by Crippen LogP contribution is -2.17. The summed E-state index contributed by atoms with van der Waals surface area (Å²) in [6.07, 6.45) is 1.18. The monoisotopic (exact) mass is 292 g/mol. The van der Waals surface area contributed by atoms with Gasteiger partial charge in [-0.15, -0.1) is 0 Å². The van der Waals surface area contributed by atoms with Gasteiger partial charge in [0.15, 0.2) is 0 Å². The zero-order valence-electron chi connectivity index (χ0n) is 10.2. The number of hydrogen-bond acceptors (Lipinski definition) is 3. The van der Waals surface area contributed by atoms with E-state index < -0.39 is 11.7 Å². The summed E-state index contributed by atoms with van der Waals surface area (Å²) in [5.74, 6) is -1.32. The minimum Gasteiger partial charge on any atom is -0.507 e. The van der Waals surface area contributed by atoms with Crippen LogP contribution in [0.25, 0.3) is 0 Å². The molecule has 0 aliphatic heterocycles. The van der Waals surface area contributed by atoms with Crippen molar-refractivity contribution >= 4 is 23.7 Å². The van der Waals surface area contributed by atoms with Gasteiger partial charge in [0.2, 0.25) is 0 Å². The molecule has 0 saturated carbocycles. The Hall–Kier alpha value is -2.40. The number of nitrogens with one attached hydrogen (secondary N) is 1. The molecule has 0 bridgehead atoms. The molecule has 0 aliphatic carbocycles. The first-order chi connectivity index (χ1) is 9.58. The Kier molecular flexibility index (Phi) is 4.32. The first-order valence-corrected chi connectivity index (χ1v) is 6.02. The van der Waals surface area contributed by atoms with Gasteiger partial charge in [0.05, 0.1) is 11.8 Å². The molecule has 0 saturated heterocycles. The number of nitrogens with zero attached hydrogens (tertiary/aromatic N) is 1. The quantitative estimate of drug-likeness (QED) is 0.675. The van der Waals surface area contributed by atoms with E-state index in [0.717, 1.165) is 0 Å². The fourth-order valence-electron chi connectivity index (χ4n) is 1.50. The van der Waals surface area contributed by atoms with Crippen molar-refractivity contribution in [3.63, 3.8) is 0 Å². The second kappa shape index (κ2) is 6.16. The van der Waals surface area contributed by atoms with Gasteiger partial charge in [-0.25, -0.2) is 9.82 Å². The van der Waals surface area contributed by atoms with Crippen LogP contribution < -0.4 is 5.43 Å². The maximum atomic E-state index is 13.3. The third-order valence-electron chi connectivity index (χ3n) is 2.48. The number of carbonyl (C=O) groups is 1. The second-order valence-corrected chi connectivity index (χ2v) is 4.32. The predicted molar refractivity (Wildman–Crippen MR) is 74.6 cm³/mol. The molecule has 6 heteroatoms. The standard InChI is InChI=1S/C14H10ClFN2O2/c15-10-5-6-11(13(19)7-10)14(20)18-17-8-9-3-1-2-4-12(9)16/h1-8,19H,(H,18,20)/b17-8-. The molecule has 4 nitrogen and oxygen atoms in total. The lowest BCUT2D eigenvalue weighted by Gasteiger charge is -2.03. The largest absolute Gasteiger partial charge is 0.507 e. The van der Waals surface area contributed by atoms with Crippen LogP contribution in [0, 0.1) is 5.82 Å². The van der Waals surface area contributed by atoms with E-state index >= 15 is 0 Å². The number of carbonyl (C=O) groups excluding carboxylic acids is 1. The van der Waals surface area contributed by atoms with Crippen LogP contribution in [0.2, 0.25) is 5.02 Å². The highest BCUT2D eigenvalue weighted by Gasteiger charge is 2.10. The molecule has 0 atom stereocenters. The highest BCUT2D eigenvalue weighted by Crippen LogP contribution is 2.21. The first kappa shape index (κ1) is 14.0.